The standard InChI is InChI=1S/C22H28N4O3/c1-3-25(15-17-7-9-23-10-8-17)21(27)14-20-22(28)24-11-12-26(20)16-18-5-4-6-19(13-18)29-2/h4-10,13,20H,3,11-12,14-16H2,1-2H3,(H,24,28). The van der Waals surface area contributed by atoms with E-state index in [4.69, 9.17) is 4.74 Å². The van der Waals surface area contributed by atoms with Gasteiger partial charge in [0, 0.05) is 45.1 Å². The molecule has 29 heavy (non-hydrogen) atoms. The van der Waals surface area contributed by atoms with Crippen LogP contribution in [0.2, 0.25) is 0 Å². The lowest BCUT2D eigenvalue weighted by Gasteiger charge is -2.35. The molecule has 3 rings (SSSR count). The van der Waals surface area contributed by atoms with Crippen molar-refractivity contribution in [2.24, 2.45) is 0 Å². The fourth-order valence-corrected chi connectivity index (χ4v) is 3.56. The number of methoxy groups -OCH3 is 1. The molecule has 2 amide bonds. The van der Waals surface area contributed by atoms with Gasteiger partial charge in [-0.2, -0.15) is 0 Å². The molecule has 7 nitrogen and oxygen atoms in total. The van der Waals surface area contributed by atoms with Gasteiger partial charge in [0.25, 0.3) is 0 Å². The predicted octanol–water partition coefficient (Wildman–Crippen LogP) is 1.83. The van der Waals surface area contributed by atoms with Crippen LogP contribution < -0.4 is 10.1 Å². The van der Waals surface area contributed by atoms with E-state index in [1.165, 1.54) is 0 Å². The van der Waals surface area contributed by atoms with Crippen molar-refractivity contribution in [1.29, 1.82) is 0 Å². The monoisotopic (exact) mass is 396 g/mol. The maximum absolute atomic E-state index is 13.0. The number of amides is 2. The summed E-state index contributed by atoms with van der Waals surface area (Å²) in [7, 11) is 1.64. The van der Waals surface area contributed by atoms with Crippen LogP contribution in [0.3, 0.4) is 0 Å². The number of ether oxygens (including phenoxy) is 1. The number of carbonyl (C=O) groups is 2. The Balaban J connectivity index is 1.69. The zero-order valence-electron chi connectivity index (χ0n) is 17.0. The summed E-state index contributed by atoms with van der Waals surface area (Å²) in [5.41, 5.74) is 2.08. The summed E-state index contributed by atoms with van der Waals surface area (Å²) >= 11 is 0. The highest BCUT2D eigenvalue weighted by molar-refractivity contribution is 5.88. The number of nitrogens with one attached hydrogen (secondary N) is 1. The van der Waals surface area contributed by atoms with Gasteiger partial charge in [-0.25, -0.2) is 0 Å². The molecule has 0 saturated carbocycles. The van der Waals surface area contributed by atoms with Crippen molar-refractivity contribution >= 4 is 11.8 Å². The zero-order chi connectivity index (χ0) is 20.6. The third-order valence-corrected chi connectivity index (χ3v) is 5.19. The van der Waals surface area contributed by atoms with E-state index in [1.807, 2.05) is 43.3 Å². The first kappa shape index (κ1) is 20.8. The molecule has 0 spiro atoms. The Labute approximate surface area is 171 Å². The van der Waals surface area contributed by atoms with Crippen LogP contribution >= 0.6 is 0 Å². The zero-order valence-corrected chi connectivity index (χ0v) is 17.0. The minimum atomic E-state index is -0.478. The molecule has 0 aliphatic carbocycles. The van der Waals surface area contributed by atoms with E-state index < -0.39 is 6.04 Å². The molecule has 1 aromatic heterocycles. The SMILES string of the molecule is CCN(Cc1ccncc1)C(=O)CC1C(=O)NCCN1Cc1cccc(OC)c1. The Kier molecular flexibility index (Phi) is 7.19. The highest BCUT2D eigenvalue weighted by atomic mass is 16.5. The van der Waals surface area contributed by atoms with Crippen molar-refractivity contribution in [2.75, 3.05) is 26.7 Å². The molecule has 1 unspecified atom stereocenters. The summed E-state index contributed by atoms with van der Waals surface area (Å²) in [5.74, 6) is 0.667. The van der Waals surface area contributed by atoms with Crippen LogP contribution in [0.1, 0.15) is 24.5 Å². The maximum Gasteiger partial charge on any atom is 0.237 e. The van der Waals surface area contributed by atoms with Crippen molar-refractivity contribution in [3.05, 3.63) is 59.9 Å². The summed E-state index contributed by atoms with van der Waals surface area (Å²) in [6.45, 7) is 4.94. The van der Waals surface area contributed by atoms with Gasteiger partial charge in [0.15, 0.2) is 0 Å². The molecular weight excluding hydrogens is 368 g/mol. The summed E-state index contributed by atoms with van der Waals surface area (Å²) < 4.78 is 5.30. The van der Waals surface area contributed by atoms with E-state index in [1.54, 1.807) is 24.4 Å². The Morgan fingerprint density at radius 2 is 2.07 bits per heavy atom. The normalized spacial score (nSPS) is 16.9. The Morgan fingerprint density at radius 1 is 1.28 bits per heavy atom. The van der Waals surface area contributed by atoms with Crippen LogP contribution in [0.4, 0.5) is 0 Å². The Hall–Kier alpha value is -2.93. The van der Waals surface area contributed by atoms with Crippen molar-refractivity contribution in [2.45, 2.75) is 32.5 Å². The Morgan fingerprint density at radius 3 is 2.79 bits per heavy atom. The first-order chi connectivity index (χ1) is 14.1. The number of piperazine rings is 1. The van der Waals surface area contributed by atoms with Gasteiger partial charge in [-0.15, -0.1) is 0 Å². The molecule has 1 aliphatic heterocycles. The molecule has 7 heteroatoms. The highest BCUT2D eigenvalue weighted by Gasteiger charge is 2.32. The number of benzene rings is 1. The largest absolute Gasteiger partial charge is 0.497 e. The number of hydrogen-bond acceptors (Lipinski definition) is 5. The summed E-state index contributed by atoms with van der Waals surface area (Å²) in [5, 5.41) is 2.90. The number of hydrogen-bond donors (Lipinski definition) is 1. The van der Waals surface area contributed by atoms with Crippen molar-refractivity contribution in [1.82, 2.24) is 20.1 Å². The van der Waals surface area contributed by atoms with Gasteiger partial charge in [-0.05, 0) is 42.3 Å². The van der Waals surface area contributed by atoms with Crippen LogP contribution in [-0.4, -0.2) is 59.4 Å². The van der Waals surface area contributed by atoms with E-state index in [0.29, 0.717) is 32.7 Å². The number of carbonyl (C=O) groups excluding carboxylic acids is 2. The van der Waals surface area contributed by atoms with E-state index in [0.717, 1.165) is 16.9 Å². The van der Waals surface area contributed by atoms with Gasteiger partial charge in [0.05, 0.1) is 19.6 Å². The molecule has 154 valence electrons. The first-order valence-electron chi connectivity index (χ1n) is 9.92. The first-order valence-corrected chi connectivity index (χ1v) is 9.92. The molecule has 0 radical (unpaired) electrons. The second-order valence-corrected chi connectivity index (χ2v) is 7.10. The summed E-state index contributed by atoms with van der Waals surface area (Å²) in [4.78, 5) is 33.4. The second-order valence-electron chi connectivity index (χ2n) is 7.10. The molecule has 1 atom stereocenters. The number of pyridine rings is 1. The fraction of sp³-hybridized carbons (Fsp3) is 0.409. The van der Waals surface area contributed by atoms with Crippen LogP contribution in [0.5, 0.6) is 5.75 Å². The van der Waals surface area contributed by atoms with Gasteiger partial charge in [0.1, 0.15) is 5.75 Å². The minimum Gasteiger partial charge on any atom is -0.497 e. The third-order valence-electron chi connectivity index (χ3n) is 5.19. The average molecular weight is 396 g/mol. The quantitative estimate of drug-likeness (QED) is 0.737. The number of aromatic nitrogens is 1. The Bertz CT molecular complexity index is 828. The lowest BCUT2D eigenvalue weighted by Crippen LogP contribution is -2.56. The van der Waals surface area contributed by atoms with Gasteiger partial charge < -0.3 is 15.0 Å². The van der Waals surface area contributed by atoms with E-state index >= 15 is 0 Å². The van der Waals surface area contributed by atoms with Crippen molar-refractivity contribution in [3.8, 4) is 5.75 Å². The van der Waals surface area contributed by atoms with E-state index in [-0.39, 0.29) is 18.2 Å². The fourth-order valence-electron chi connectivity index (χ4n) is 3.56. The minimum absolute atomic E-state index is 0.0259. The van der Waals surface area contributed by atoms with Crippen LogP contribution in [0.25, 0.3) is 0 Å². The maximum atomic E-state index is 13.0. The smallest absolute Gasteiger partial charge is 0.237 e. The van der Waals surface area contributed by atoms with Crippen LogP contribution in [0.15, 0.2) is 48.8 Å². The molecule has 1 aromatic carbocycles. The lowest BCUT2D eigenvalue weighted by atomic mass is 10.1. The van der Waals surface area contributed by atoms with Gasteiger partial charge in [-0.3, -0.25) is 19.5 Å². The molecule has 1 saturated heterocycles. The molecule has 2 aromatic rings. The number of nitrogens with zero attached hydrogens (tertiary/aromatic N) is 3. The van der Waals surface area contributed by atoms with Crippen LogP contribution in [-0.2, 0) is 22.7 Å². The van der Waals surface area contributed by atoms with E-state index in [9.17, 15) is 9.59 Å². The third kappa shape index (κ3) is 5.54. The average Bonchev–Trinajstić information content (AvgIpc) is 2.75. The van der Waals surface area contributed by atoms with Gasteiger partial charge in [-0.1, -0.05) is 12.1 Å². The molecular formula is C22H28N4O3. The molecule has 2 heterocycles. The van der Waals surface area contributed by atoms with E-state index in [2.05, 4.69) is 15.2 Å². The topological polar surface area (TPSA) is 74.8 Å². The number of rotatable bonds is 8. The van der Waals surface area contributed by atoms with Gasteiger partial charge >= 0.3 is 0 Å². The second kappa shape index (κ2) is 10.0. The molecule has 0 bridgehead atoms. The van der Waals surface area contributed by atoms with Crippen molar-refractivity contribution < 1.29 is 14.3 Å². The molecule has 1 aliphatic rings. The van der Waals surface area contributed by atoms with Gasteiger partial charge in [0.2, 0.25) is 11.8 Å². The molecule has 1 fully saturated rings. The summed E-state index contributed by atoms with van der Waals surface area (Å²) in [6, 6.07) is 11.1. The predicted molar refractivity (Wildman–Crippen MR) is 110 cm³/mol. The molecule has 1 N–H and O–H groups in total. The highest BCUT2D eigenvalue weighted by Crippen LogP contribution is 2.19. The van der Waals surface area contributed by atoms with Crippen molar-refractivity contribution in [3.63, 3.8) is 0 Å². The summed E-state index contributed by atoms with van der Waals surface area (Å²) in [6.07, 6.45) is 3.60. The lowest BCUT2D eigenvalue weighted by molar-refractivity contribution is -0.139. The van der Waals surface area contributed by atoms with Crippen LogP contribution in [0, 0.1) is 0 Å².